The summed E-state index contributed by atoms with van der Waals surface area (Å²) in [4.78, 5) is 16.6. The molecule has 1 aromatic heterocycles. The van der Waals surface area contributed by atoms with Gasteiger partial charge in [-0.25, -0.2) is 4.98 Å². The summed E-state index contributed by atoms with van der Waals surface area (Å²) >= 11 is 0. The largest absolute Gasteiger partial charge is 0.370 e. The highest BCUT2D eigenvalue weighted by Crippen LogP contribution is 2.27. The highest BCUT2D eigenvalue weighted by atomic mass is 16.1. The normalized spacial score (nSPS) is 17.5. The number of hydrogen-bond acceptors (Lipinski definition) is 3. The van der Waals surface area contributed by atoms with Crippen LogP contribution < -0.4 is 10.6 Å². The van der Waals surface area contributed by atoms with E-state index >= 15 is 0 Å². The van der Waals surface area contributed by atoms with Gasteiger partial charge in [0.25, 0.3) is 5.91 Å². The van der Waals surface area contributed by atoms with E-state index in [4.69, 9.17) is 0 Å². The monoisotopic (exact) mass is 275 g/mol. The van der Waals surface area contributed by atoms with E-state index in [0.29, 0.717) is 5.56 Å². The summed E-state index contributed by atoms with van der Waals surface area (Å²) in [5.74, 6) is 0.782. The maximum absolute atomic E-state index is 12.4. The van der Waals surface area contributed by atoms with Crippen LogP contribution in [0.25, 0.3) is 0 Å². The van der Waals surface area contributed by atoms with Crippen LogP contribution in [0.1, 0.15) is 62.7 Å². The van der Waals surface area contributed by atoms with Crippen molar-refractivity contribution in [3.8, 4) is 0 Å². The predicted molar refractivity (Wildman–Crippen MR) is 82.0 cm³/mol. The minimum absolute atomic E-state index is 0.0105. The lowest BCUT2D eigenvalue weighted by Crippen LogP contribution is -2.47. The molecule has 4 nitrogen and oxygen atoms in total. The number of carbonyl (C=O) groups is 1. The minimum Gasteiger partial charge on any atom is -0.370 e. The molecule has 0 spiro atoms. The lowest BCUT2D eigenvalue weighted by atomic mass is 9.83. The van der Waals surface area contributed by atoms with Crippen LogP contribution in [0.2, 0.25) is 0 Å². The van der Waals surface area contributed by atoms with E-state index in [1.165, 1.54) is 19.3 Å². The summed E-state index contributed by atoms with van der Waals surface area (Å²) in [6, 6.07) is 3.61. The predicted octanol–water partition coefficient (Wildman–Crippen LogP) is 3.36. The summed E-state index contributed by atoms with van der Waals surface area (Å²) < 4.78 is 0. The molecule has 110 valence electrons. The van der Waals surface area contributed by atoms with Crippen LogP contribution in [0.3, 0.4) is 0 Å². The number of pyridine rings is 1. The molecule has 0 atom stereocenters. The van der Waals surface area contributed by atoms with Crippen LogP contribution in [-0.4, -0.2) is 23.0 Å². The number of rotatable bonds is 5. The second-order valence-electron chi connectivity index (χ2n) is 5.93. The fourth-order valence-electron chi connectivity index (χ4n) is 2.72. The van der Waals surface area contributed by atoms with Crippen molar-refractivity contribution in [1.29, 1.82) is 0 Å². The molecule has 1 amide bonds. The Labute approximate surface area is 121 Å². The summed E-state index contributed by atoms with van der Waals surface area (Å²) in [5, 5.41) is 6.41. The third-order valence-corrected chi connectivity index (χ3v) is 3.95. The first-order valence-electron chi connectivity index (χ1n) is 7.65. The van der Waals surface area contributed by atoms with Crippen molar-refractivity contribution in [3.05, 3.63) is 23.9 Å². The topological polar surface area (TPSA) is 54.0 Å². The van der Waals surface area contributed by atoms with Crippen molar-refractivity contribution < 1.29 is 4.79 Å². The van der Waals surface area contributed by atoms with Gasteiger partial charge in [-0.1, -0.05) is 26.2 Å². The first kappa shape index (κ1) is 14.8. The fourth-order valence-corrected chi connectivity index (χ4v) is 2.72. The van der Waals surface area contributed by atoms with E-state index in [2.05, 4.69) is 29.5 Å². The van der Waals surface area contributed by atoms with Crippen molar-refractivity contribution in [2.24, 2.45) is 0 Å². The number of nitrogens with zero attached hydrogens (tertiary/aromatic N) is 1. The third kappa shape index (κ3) is 3.95. The molecule has 0 aromatic carbocycles. The molecule has 1 heterocycles. The van der Waals surface area contributed by atoms with E-state index < -0.39 is 0 Å². The Balaban J connectivity index is 2.01. The number of aromatic nitrogens is 1. The lowest BCUT2D eigenvalue weighted by molar-refractivity contribution is 0.0882. The minimum atomic E-state index is -0.0460. The molecule has 1 saturated carbocycles. The van der Waals surface area contributed by atoms with Gasteiger partial charge in [0.2, 0.25) is 0 Å². The van der Waals surface area contributed by atoms with Crippen molar-refractivity contribution in [1.82, 2.24) is 10.3 Å². The van der Waals surface area contributed by atoms with E-state index in [-0.39, 0.29) is 11.4 Å². The van der Waals surface area contributed by atoms with Gasteiger partial charge in [-0.2, -0.15) is 0 Å². The smallest absolute Gasteiger partial charge is 0.251 e. The van der Waals surface area contributed by atoms with Crippen molar-refractivity contribution >= 4 is 11.7 Å². The lowest BCUT2D eigenvalue weighted by Gasteiger charge is -2.34. The quantitative estimate of drug-likeness (QED) is 0.866. The summed E-state index contributed by atoms with van der Waals surface area (Å²) in [7, 11) is 0. The van der Waals surface area contributed by atoms with Crippen molar-refractivity contribution in [2.45, 2.75) is 57.9 Å². The van der Waals surface area contributed by atoms with Crippen LogP contribution in [0.4, 0.5) is 5.82 Å². The van der Waals surface area contributed by atoms with Crippen LogP contribution in [0.15, 0.2) is 18.3 Å². The van der Waals surface area contributed by atoms with E-state index in [1.54, 1.807) is 12.3 Å². The summed E-state index contributed by atoms with van der Waals surface area (Å²) in [6.45, 7) is 5.13. The first-order valence-corrected chi connectivity index (χ1v) is 7.65. The molecular weight excluding hydrogens is 250 g/mol. The second-order valence-corrected chi connectivity index (χ2v) is 5.93. The van der Waals surface area contributed by atoms with Gasteiger partial charge in [-0.3, -0.25) is 4.79 Å². The van der Waals surface area contributed by atoms with Gasteiger partial charge in [0, 0.05) is 23.8 Å². The van der Waals surface area contributed by atoms with Crippen LogP contribution in [0.5, 0.6) is 0 Å². The molecule has 0 unspecified atom stereocenters. The van der Waals surface area contributed by atoms with E-state index in [1.807, 2.05) is 6.07 Å². The van der Waals surface area contributed by atoms with Crippen LogP contribution in [0, 0.1) is 0 Å². The van der Waals surface area contributed by atoms with Gasteiger partial charge < -0.3 is 10.6 Å². The van der Waals surface area contributed by atoms with Crippen LogP contribution in [-0.2, 0) is 0 Å². The maximum Gasteiger partial charge on any atom is 0.251 e. The molecule has 1 aromatic rings. The maximum atomic E-state index is 12.4. The standard InChI is InChI=1S/C16H25N3O/c1-3-10-17-14-12-13(7-11-18-14)15(20)19-16(2)8-5-4-6-9-16/h7,11-12H,3-6,8-10H2,1-2H3,(H,17,18)(H,19,20). The molecule has 2 N–H and O–H groups in total. The van der Waals surface area contributed by atoms with Gasteiger partial charge >= 0.3 is 0 Å². The molecule has 0 bridgehead atoms. The Morgan fingerprint density at radius 3 is 2.80 bits per heavy atom. The zero-order chi connectivity index (χ0) is 14.4. The average molecular weight is 275 g/mol. The van der Waals surface area contributed by atoms with Gasteiger partial charge in [-0.05, 0) is 38.3 Å². The summed E-state index contributed by atoms with van der Waals surface area (Å²) in [5.41, 5.74) is 0.640. The average Bonchev–Trinajstić information content (AvgIpc) is 2.45. The molecule has 1 aliphatic rings. The molecule has 0 radical (unpaired) electrons. The SMILES string of the molecule is CCCNc1cc(C(=O)NC2(C)CCCCC2)ccn1. The molecule has 0 saturated heterocycles. The fraction of sp³-hybridized carbons (Fsp3) is 0.625. The zero-order valence-electron chi connectivity index (χ0n) is 12.5. The number of anilines is 1. The Kier molecular flexibility index (Phi) is 4.99. The number of amides is 1. The molecule has 20 heavy (non-hydrogen) atoms. The molecule has 2 rings (SSSR count). The zero-order valence-corrected chi connectivity index (χ0v) is 12.5. The number of carbonyl (C=O) groups excluding carboxylic acids is 1. The van der Waals surface area contributed by atoms with Gasteiger partial charge in [0.05, 0.1) is 0 Å². The van der Waals surface area contributed by atoms with Gasteiger partial charge in [0.15, 0.2) is 0 Å². The highest BCUT2D eigenvalue weighted by molar-refractivity contribution is 5.95. The van der Waals surface area contributed by atoms with Crippen molar-refractivity contribution in [3.63, 3.8) is 0 Å². The van der Waals surface area contributed by atoms with Gasteiger partial charge in [-0.15, -0.1) is 0 Å². The summed E-state index contributed by atoms with van der Waals surface area (Å²) in [6.07, 6.45) is 8.57. The van der Waals surface area contributed by atoms with Crippen LogP contribution >= 0.6 is 0 Å². The molecule has 1 fully saturated rings. The highest BCUT2D eigenvalue weighted by Gasteiger charge is 2.28. The van der Waals surface area contributed by atoms with E-state index in [9.17, 15) is 4.79 Å². The van der Waals surface area contributed by atoms with Crippen molar-refractivity contribution in [2.75, 3.05) is 11.9 Å². The molecule has 1 aliphatic carbocycles. The molecular formula is C16H25N3O. The first-order chi connectivity index (χ1) is 9.63. The molecule has 0 aliphatic heterocycles. The van der Waals surface area contributed by atoms with E-state index in [0.717, 1.165) is 31.6 Å². The Morgan fingerprint density at radius 1 is 1.35 bits per heavy atom. The van der Waals surface area contributed by atoms with Gasteiger partial charge in [0.1, 0.15) is 5.82 Å². The number of hydrogen-bond donors (Lipinski definition) is 2. The Hall–Kier alpha value is -1.58. The molecule has 4 heteroatoms. The third-order valence-electron chi connectivity index (χ3n) is 3.95. The Morgan fingerprint density at radius 2 is 2.10 bits per heavy atom. The number of nitrogens with one attached hydrogen (secondary N) is 2. The second kappa shape index (κ2) is 6.73. The Bertz CT molecular complexity index is 453.